The van der Waals surface area contributed by atoms with Crippen LogP contribution in [0.1, 0.15) is 5.56 Å². The van der Waals surface area contributed by atoms with E-state index in [0.29, 0.717) is 6.04 Å². The number of hydrogen-bond donors (Lipinski definition) is 1. The molecule has 1 saturated heterocycles. The van der Waals surface area contributed by atoms with Crippen molar-refractivity contribution in [3.63, 3.8) is 0 Å². The van der Waals surface area contributed by atoms with Gasteiger partial charge in [0.15, 0.2) is 0 Å². The maximum Gasteiger partial charge on any atom is 0.100 e. The number of para-hydroxylation sites is 2. The summed E-state index contributed by atoms with van der Waals surface area (Å²) in [5.41, 5.74) is 4.63. The Kier molecular flexibility index (Phi) is 5.02. The lowest BCUT2D eigenvalue weighted by molar-refractivity contribution is 0.113. The van der Waals surface area contributed by atoms with Crippen molar-refractivity contribution in [2.45, 2.75) is 12.6 Å². The number of rotatable bonds is 5. The van der Waals surface area contributed by atoms with E-state index in [-0.39, 0.29) is 0 Å². The van der Waals surface area contributed by atoms with E-state index in [1.807, 2.05) is 18.5 Å². The average molecular weight is 349 g/mol. The lowest BCUT2D eigenvalue weighted by atomic mass is 10.1. The number of benzene rings is 2. The molecule has 0 bridgehead atoms. The first-order chi connectivity index (χ1) is 12.7. The third kappa shape index (κ3) is 3.65. The maximum absolute atomic E-state index is 4.47. The molecule has 3 aromatic rings. The van der Waals surface area contributed by atoms with Gasteiger partial charge in [-0.05, 0) is 43.9 Å². The number of likely N-dealkylation sites (N-methyl/N-ethyl adjacent to an activating group) is 2. The molecule has 4 rings (SSSR count). The molecule has 1 N–H and O–H groups in total. The highest BCUT2D eigenvalue weighted by atomic mass is 15.3. The first-order valence-corrected chi connectivity index (χ1v) is 9.31. The van der Waals surface area contributed by atoms with E-state index in [1.165, 1.54) is 5.56 Å². The average Bonchev–Trinajstić information content (AvgIpc) is 3.09. The van der Waals surface area contributed by atoms with Gasteiger partial charge in [-0.15, -0.1) is 0 Å². The maximum atomic E-state index is 4.47. The summed E-state index contributed by atoms with van der Waals surface area (Å²) in [5, 5.41) is 3.62. The van der Waals surface area contributed by atoms with Crippen LogP contribution in [0.25, 0.3) is 16.7 Å². The van der Waals surface area contributed by atoms with Crippen molar-refractivity contribution in [1.82, 2.24) is 24.7 Å². The molecule has 0 saturated carbocycles. The predicted octanol–water partition coefficient (Wildman–Crippen LogP) is 2.36. The van der Waals surface area contributed by atoms with Gasteiger partial charge < -0.3 is 10.2 Å². The Morgan fingerprint density at radius 1 is 1.04 bits per heavy atom. The molecular weight excluding hydrogens is 322 g/mol. The van der Waals surface area contributed by atoms with Crippen LogP contribution in [-0.2, 0) is 6.54 Å². The van der Waals surface area contributed by atoms with Crippen LogP contribution in [0.4, 0.5) is 0 Å². The van der Waals surface area contributed by atoms with E-state index in [2.05, 4.69) is 75.2 Å². The van der Waals surface area contributed by atoms with Crippen LogP contribution in [0.3, 0.4) is 0 Å². The molecular formula is C21H27N5. The molecule has 0 radical (unpaired) electrons. The highest BCUT2D eigenvalue weighted by Gasteiger charge is 2.21. The van der Waals surface area contributed by atoms with Crippen LogP contribution >= 0.6 is 0 Å². The van der Waals surface area contributed by atoms with Gasteiger partial charge in [-0.25, -0.2) is 4.98 Å². The van der Waals surface area contributed by atoms with Crippen molar-refractivity contribution in [1.29, 1.82) is 0 Å². The quantitative estimate of drug-likeness (QED) is 0.767. The Morgan fingerprint density at radius 2 is 1.85 bits per heavy atom. The summed E-state index contributed by atoms with van der Waals surface area (Å²) in [5.74, 6) is 0. The highest BCUT2D eigenvalue weighted by Crippen LogP contribution is 2.18. The van der Waals surface area contributed by atoms with Crippen LogP contribution in [0.2, 0.25) is 0 Å². The zero-order chi connectivity index (χ0) is 17.9. The van der Waals surface area contributed by atoms with Gasteiger partial charge in [-0.2, -0.15) is 0 Å². The van der Waals surface area contributed by atoms with Gasteiger partial charge in [0.25, 0.3) is 0 Å². The molecule has 0 amide bonds. The van der Waals surface area contributed by atoms with Crippen LogP contribution in [0.5, 0.6) is 0 Å². The van der Waals surface area contributed by atoms with E-state index < -0.39 is 0 Å². The molecule has 0 spiro atoms. The minimum Gasteiger partial charge on any atom is -0.311 e. The van der Waals surface area contributed by atoms with Crippen LogP contribution < -0.4 is 5.32 Å². The van der Waals surface area contributed by atoms with Crippen molar-refractivity contribution in [3.05, 3.63) is 60.4 Å². The van der Waals surface area contributed by atoms with Gasteiger partial charge in [0.1, 0.15) is 6.33 Å². The third-order valence-electron chi connectivity index (χ3n) is 5.36. The number of piperazine rings is 1. The molecule has 2 heterocycles. The van der Waals surface area contributed by atoms with Gasteiger partial charge >= 0.3 is 0 Å². The summed E-state index contributed by atoms with van der Waals surface area (Å²) in [6.07, 6.45) is 1.90. The van der Waals surface area contributed by atoms with Crippen LogP contribution in [0.15, 0.2) is 54.9 Å². The molecule has 1 atom stereocenters. The number of fused-ring (bicyclic) bond motifs is 1. The summed E-state index contributed by atoms with van der Waals surface area (Å²) < 4.78 is 2.14. The van der Waals surface area contributed by atoms with Gasteiger partial charge in [0.05, 0.1) is 11.0 Å². The minimum atomic E-state index is 0.588. The summed E-state index contributed by atoms with van der Waals surface area (Å²) in [6, 6.07) is 17.6. The normalized spacial score (nSPS) is 19.2. The topological polar surface area (TPSA) is 36.3 Å². The fraction of sp³-hybridized carbons (Fsp3) is 0.381. The Bertz CT molecular complexity index is 854. The number of nitrogens with zero attached hydrogens (tertiary/aromatic N) is 4. The fourth-order valence-corrected chi connectivity index (χ4v) is 3.64. The highest BCUT2D eigenvalue weighted by molar-refractivity contribution is 5.77. The van der Waals surface area contributed by atoms with E-state index in [1.54, 1.807) is 0 Å². The van der Waals surface area contributed by atoms with Crippen LogP contribution in [-0.4, -0.2) is 65.7 Å². The SMILES string of the molecule is CN1CCN(C)C(CNCc2ccc(-n3cnc4ccccc43)cc2)C1. The number of hydrogen-bond acceptors (Lipinski definition) is 4. The Labute approximate surface area is 155 Å². The molecule has 5 nitrogen and oxygen atoms in total. The predicted molar refractivity (Wildman–Crippen MR) is 107 cm³/mol. The van der Waals surface area contributed by atoms with E-state index in [0.717, 1.165) is 49.4 Å². The number of aromatic nitrogens is 2. The summed E-state index contributed by atoms with van der Waals surface area (Å²) in [7, 11) is 4.43. The van der Waals surface area contributed by atoms with Gasteiger partial charge in [-0.3, -0.25) is 9.47 Å². The lowest BCUT2D eigenvalue weighted by Gasteiger charge is -2.37. The summed E-state index contributed by atoms with van der Waals surface area (Å²) >= 11 is 0. The minimum absolute atomic E-state index is 0.588. The van der Waals surface area contributed by atoms with E-state index >= 15 is 0 Å². The lowest BCUT2D eigenvalue weighted by Crippen LogP contribution is -2.53. The third-order valence-corrected chi connectivity index (χ3v) is 5.36. The fourth-order valence-electron chi connectivity index (χ4n) is 3.64. The second-order valence-corrected chi connectivity index (χ2v) is 7.30. The molecule has 26 heavy (non-hydrogen) atoms. The van der Waals surface area contributed by atoms with Crippen molar-refractivity contribution in [2.75, 3.05) is 40.3 Å². The van der Waals surface area contributed by atoms with Gasteiger partial charge in [0.2, 0.25) is 0 Å². The van der Waals surface area contributed by atoms with Gasteiger partial charge in [0, 0.05) is 44.5 Å². The number of nitrogens with one attached hydrogen (secondary N) is 1. The molecule has 1 aromatic heterocycles. The van der Waals surface area contributed by atoms with Crippen molar-refractivity contribution < 1.29 is 0 Å². The molecule has 1 aliphatic rings. The van der Waals surface area contributed by atoms with Crippen molar-refractivity contribution in [2.24, 2.45) is 0 Å². The summed E-state index contributed by atoms with van der Waals surface area (Å²) in [6.45, 7) is 5.37. The second-order valence-electron chi connectivity index (χ2n) is 7.30. The zero-order valence-electron chi connectivity index (χ0n) is 15.6. The standard InChI is InChI=1S/C21H27N5/c1-24-11-12-25(2)19(15-24)14-22-13-17-7-9-18(10-8-17)26-16-23-20-5-3-4-6-21(20)26/h3-10,16,19,22H,11-15H2,1-2H3. The molecule has 0 aliphatic carbocycles. The molecule has 136 valence electrons. The number of imidazole rings is 1. The molecule has 1 unspecified atom stereocenters. The molecule has 5 heteroatoms. The smallest absolute Gasteiger partial charge is 0.100 e. The Balaban J connectivity index is 1.37. The Morgan fingerprint density at radius 3 is 2.69 bits per heavy atom. The summed E-state index contributed by atoms with van der Waals surface area (Å²) in [4.78, 5) is 9.35. The monoisotopic (exact) mass is 349 g/mol. The van der Waals surface area contributed by atoms with Gasteiger partial charge in [-0.1, -0.05) is 24.3 Å². The molecule has 1 aliphatic heterocycles. The largest absolute Gasteiger partial charge is 0.311 e. The van der Waals surface area contributed by atoms with E-state index in [9.17, 15) is 0 Å². The van der Waals surface area contributed by atoms with Crippen molar-refractivity contribution >= 4 is 11.0 Å². The first kappa shape index (κ1) is 17.2. The molecule has 1 fully saturated rings. The second kappa shape index (κ2) is 7.58. The van der Waals surface area contributed by atoms with Crippen LogP contribution in [0, 0.1) is 0 Å². The first-order valence-electron chi connectivity index (χ1n) is 9.31. The molecule has 2 aromatic carbocycles. The Hall–Kier alpha value is -2.21. The zero-order valence-corrected chi connectivity index (χ0v) is 15.6. The van der Waals surface area contributed by atoms with E-state index in [4.69, 9.17) is 0 Å². The van der Waals surface area contributed by atoms with Crippen molar-refractivity contribution in [3.8, 4) is 5.69 Å².